The molecule has 3 heteroatoms. The lowest BCUT2D eigenvalue weighted by atomic mass is 10.1. The standard InChI is InChI=1S/C18H14N2O/c21-18(15-10-5-2-6-11-15)20-17-13-7-12-16(19-17)14-8-3-1-4-9-14/h1-13H,(H,19,20,21). The molecule has 0 bridgehead atoms. The zero-order valence-electron chi connectivity index (χ0n) is 11.4. The van der Waals surface area contributed by atoms with Gasteiger partial charge in [0.25, 0.3) is 5.91 Å². The van der Waals surface area contributed by atoms with Gasteiger partial charge in [0.2, 0.25) is 0 Å². The third-order valence-corrected chi connectivity index (χ3v) is 3.10. The molecular formula is C18H14N2O. The van der Waals surface area contributed by atoms with Crippen molar-refractivity contribution in [3.05, 3.63) is 84.4 Å². The minimum absolute atomic E-state index is 0.159. The van der Waals surface area contributed by atoms with Crippen LogP contribution in [-0.4, -0.2) is 10.9 Å². The fraction of sp³-hybridized carbons (Fsp3) is 0. The van der Waals surface area contributed by atoms with Gasteiger partial charge < -0.3 is 5.32 Å². The van der Waals surface area contributed by atoms with Crippen LogP contribution in [0.3, 0.4) is 0 Å². The predicted octanol–water partition coefficient (Wildman–Crippen LogP) is 4.00. The SMILES string of the molecule is O=C(Nc1cccc(-c2ccccc2)n1)c1ccccc1. The molecule has 0 aliphatic rings. The van der Waals surface area contributed by atoms with Crippen LogP contribution in [0.2, 0.25) is 0 Å². The summed E-state index contributed by atoms with van der Waals surface area (Å²) in [5.41, 5.74) is 2.47. The van der Waals surface area contributed by atoms with E-state index < -0.39 is 0 Å². The van der Waals surface area contributed by atoms with E-state index in [1.807, 2.05) is 60.7 Å². The molecular weight excluding hydrogens is 260 g/mol. The van der Waals surface area contributed by atoms with Gasteiger partial charge in [0.05, 0.1) is 5.69 Å². The molecule has 2 aromatic carbocycles. The molecule has 1 heterocycles. The topological polar surface area (TPSA) is 42.0 Å². The monoisotopic (exact) mass is 274 g/mol. The maximum atomic E-state index is 12.1. The summed E-state index contributed by atoms with van der Waals surface area (Å²) in [6.07, 6.45) is 0. The number of nitrogens with zero attached hydrogens (tertiary/aromatic N) is 1. The first-order chi connectivity index (χ1) is 10.3. The van der Waals surface area contributed by atoms with Crippen molar-refractivity contribution in [3.8, 4) is 11.3 Å². The van der Waals surface area contributed by atoms with Gasteiger partial charge >= 0.3 is 0 Å². The minimum atomic E-state index is -0.159. The highest BCUT2D eigenvalue weighted by atomic mass is 16.1. The van der Waals surface area contributed by atoms with Crippen LogP contribution < -0.4 is 5.32 Å². The van der Waals surface area contributed by atoms with E-state index in [0.717, 1.165) is 11.3 Å². The van der Waals surface area contributed by atoms with Crippen LogP contribution in [0, 0.1) is 0 Å². The van der Waals surface area contributed by atoms with Crippen LogP contribution in [0.25, 0.3) is 11.3 Å². The zero-order chi connectivity index (χ0) is 14.5. The van der Waals surface area contributed by atoms with E-state index in [2.05, 4.69) is 10.3 Å². The molecule has 0 aliphatic carbocycles. The fourth-order valence-corrected chi connectivity index (χ4v) is 2.05. The van der Waals surface area contributed by atoms with Gasteiger partial charge in [0, 0.05) is 11.1 Å². The van der Waals surface area contributed by atoms with Crippen LogP contribution in [0.4, 0.5) is 5.82 Å². The van der Waals surface area contributed by atoms with Crippen molar-refractivity contribution < 1.29 is 4.79 Å². The Hall–Kier alpha value is -2.94. The van der Waals surface area contributed by atoms with Gasteiger partial charge in [-0.25, -0.2) is 4.98 Å². The van der Waals surface area contributed by atoms with E-state index in [4.69, 9.17) is 0 Å². The lowest BCUT2D eigenvalue weighted by Crippen LogP contribution is -2.12. The summed E-state index contributed by atoms with van der Waals surface area (Å²) < 4.78 is 0. The normalized spacial score (nSPS) is 10.1. The van der Waals surface area contributed by atoms with Crippen molar-refractivity contribution in [2.45, 2.75) is 0 Å². The summed E-state index contributed by atoms with van der Waals surface area (Å²) in [6, 6.07) is 24.6. The first-order valence-electron chi connectivity index (χ1n) is 6.72. The van der Waals surface area contributed by atoms with Crippen molar-refractivity contribution in [1.29, 1.82) is 0 Å². The van der Waals surface area contributed by atoms with Crippen LogP contribution in [0.5, 0.6) is 0 Å². The summed E-state index contributed by atoms with van der Waals surface area (Å²) in [4.78, 5) is 16.6. The molecule has 0 saturated carbocycles. The van der Waals surface area contributed by atoms with Gasteiger partial charge in [-0.05, 0) is 24.3 Å². The number of benzene rings is 2. The van der Waals surface area contributed by atoms with Crippen LogP contribution >= 0.6 is 0 Å². The quantitative estimate of drug-likeness (QED) is 0.784. The summed E-state index contributed by atoms with van der Waals surface area (Å²) in [6.45, 7) is 0. The fourth-order valence-electron chi connectivity index (χ4n) is 2.05. The summed E-state index contributed by atoms with van der Waals surface area (Å²) in [7, 11) is 0. The minimum Gasteiger partial charge on any atom is -0.307 e. The van der Waals surface area contributed by atoms with Crippen LogP contribution in [0.1, 0.15) is 10.4 Å². The average Bonchev–Trinajstić information content (AvgIpc) is 2.57. The third kappa shape index (κ3) is 3.15. The lowest BCUT2D eigenvalue weighted by molar-refractivity contribution is 0.102. The van der Waals surface area contributed by atoms with E-state index in [1.165, 1.54) is 0 Å². The Bertz CT molecular complexity index is 739. The molecule has 0 fully saturated rings. The van der Waals surface area contributed by atoms with E-state index in [0.29, 0.717) is 11.4 Å². The number of anilines is 1. The summed E-state index contributed by atoms with van der Waals surface area (Å²) >= 11 is 0. The van der Waals surface area contributed by atoms with E-state index in [1.54, 1.807) is 18.2 Å². The molecule has 0 atom stereocenters. The second-order valence-electron chi connectivity index (χ2n) is 4.59. The Labute approximate surface area is 123 Å². The molecule has 0 unspecified atom stereocenters. The van der Waals surface area contributed by atoms with Crippen LogP contribution in [0.15, 0.2) is 78.9 Å². The number of carbonyl (C=O) groups is 1. The number of hydrogen-bond acceptors (Lipinski definition) is 2. The number of hydrogen-bond donors (Lipinski definition) is 1. The Morgan fingerprint density at radius 2 is 1.43 bits per heavy atom. The third-order valence-electron chi connectivity index (χ3n) is 3.10. The first-order valence-corrected chi connectivity index (χ1v) is 6.72. The van der Waals surface area contributed by atoms with E-state index in [-0.39, 0.29) is 5.91 Å². The average molecular weight is 274 g/mol. The molecule has 0 radical (unpaired) electrons. The summed E-state index contributed by atoms with van der Waals surface area (Å²) in [5, 5.41) is 2.82. The molecule has 3 aromatic rings. The number of rotatable bonds is 3. The summed E-state index contributed by atoms with van der Waals surface area (Å²) in [5.74, 6) is 0.388. The highest BCUT2D eigenvalue weighted by molar-refractivity contribution is 6.03. The van der Waals surface area contributed by atoms with Gasteiger partial charge in [-0.1, -0.05) is 54.6 Å². The van der Waals surface area contributed by atoms with Crippen molar-refractivity contribution >= 4 is 11.7 Å². The Balaban J connectivity index is 1.83. The number of carbonyl (C=O) groups excluding carboxylic acids is 1. The van der Waals surface area contributed by atoms with Crippen molar-refractivity contribution in [1.82, 2.24) is 4.98 Å². The molecule has 0 spiro atoms. The Morgan fingerprint density at radius 1 is 0.762 bits per heavy atom. The maximum absolute atomic E-state index is 12.1. The molecule has 1 aromatic heterocycles. The Kier molecular flexibility index (Phi) is 3.74. The molecule has 102 valence electrons. The molecule has 1 amide bonds. The zero-order valence-corrected chi connectivity index (χ0v) is 11.4. The number of nitrogens with one attached hydrogen (secondary N) is 1. The smallest absolute Gasteiger partial charge is 0.256 e. The lowest BCUT2D eigenvalue weighted by Gasteiger charge is -2.06. The van der Waals surface area contributed by atoms with Crippen molar-refractivity contribution in [2.24, 2.45) is 0 Å². The van der Waals surface area contributed by atoms with Gasteiger partial charge in [-0.15, -0.1) is 0 Å². The molecule has 3 nitrogen and oxygen atoms in total. The second kappa shape index (κ2) is 6.01. The number of pyridine rings is 1. The second-order valence-corrected chi connectivity index (χ2v) is 4.59. The molecule has 21 heavy (non-hydrogen) atoms. The number of aromatic nitrogens is 1. The van der Waals surface area contributed by atoms with E-state index in [9.17, 15) is 4.79 Å². The highest BCUT2D eigenvalue weighted by Gasteiger charge is 2.06. The van der Waals surface area contributed by atoms with Gasteiger partial charge in [-0.2, -0.15) is 0 Å². The first kappa shape index (κ1) is 13.1. The molecule has 0 saturated heterocycles. The van der Waals surface area contributed by atoms with Gasteiger partial charge in [-0.3, -0.25) is 4.79 Å². The largest absolute Gasteiger partial charge is 0.307 e. The molecule has 3 rings (SSSR count). The van der Waals surface area contributed by atoms with Crippen molar-refractivity contribution in [3.63, 3.8) is 0 Å². The van der Waals surface area contributed by atoms with Gasteiger partial charge in [0.15, 0.2) is 0 Å². The predicted molar refractivity (Wildman–Crippen MR) is 84.1 cm³/mol. The maximum Gasteiger partial charge on any atom is 0.256 e. The molecule has 0 aliphatic heterocycles. The van der Waals surface area contributed by atoms with Crippen LogP contribution in [-0.2, 0) is 0 Å². The van der Waals surface area contributed by atoms with Gasteiger partial charge in [0.1, 0.15) is 5.82 Å². The highest BCUT2D eigenvalue weighted by Crippen LogP contribution is 2.18. The molecule has 1 N–H and O–H groups in total. The number of amides is 1. The van der Waals surface area contributed by atoms with Crippen molar-refractivity contribution in [2.75, 3.05) is 5.32 Å². The Morgan fingerprint density at radius 3 is 2.14 bits per heavy atom. The van der Waals surface area contributed by atoms with E-state index >= 15 is 0 Å².